The van der Waals surface area contributed by atoms with Gasteiger partial charge in [-0.1, -0.05) is 13.8 Å². The molecule has 4 rings (SSSR count). The highest BCUT2D eigenvalue weighted by atomic mass is 16.5. The number of rotatable bonds is 2. The Morgan fingerprint density at radius 2 is 1.92 bits per heavy atom. The number of nitrogens with one attached hydrogen (secondary N) is 1. The molecule has 4 heteroatoms. The summed E-state index contributed by atoms with van der Waals surface area (Å²) in [5, 5.41) is 13.5. The van der Waals surface area contributed by atoms with E-state index in [9.17, 15) is 9.90 Å². The van der Waals surface area contributed by atoms with E-state index in [1.807, 2.05) is 13.8 Å². The van der Waals surface area contributed by atoms with Crippen LogP contribution in [-0.4, -0.2) is 23.7 Å². The van der Waals surface area contributed by atoms with Crippen LogP contribution in [0.2, 0.25) is 0 Å². The van der Waals surface area contributed by atoms with Gasteiger partial charge in [-0.2, -0.15) is 0 Å². The molecule has 2 N–H and O–H groups in total. The van der Waals surface area contributed by atoms with Crippen LogP contribution >= 0.6 is 0 Å². The first kappa shape index (κ1) is 17.8. The number of hydrogen-bond acceptors (Lipinski definition) is 3. The fraction of sp³-hybridized carbons (Fsp3) is 0.682. The SMILES string of the molecule is CC(=O)N[C@@H]1C(C)(C)[C@@H]2C[C@@H]3[C@@H](c4cc(C)c(O)c(C)c4)OCC[C@@]31C2. The summed E-state index contributed by atoms with van der Waals surface area (Å²) in [7, 11) is 0. The number of fused-ring (bicyclic) bond motifs is 1. The second-order valence-corrected chi connectivity index (χ2v) is 9.48. The van der Waals surface area contributed by atoms with Gasteiger partial charge in [0, 0.05) is 19.6 Å². The molecule has 1 saturated heterocycles. The van der Waals surface area contributed by atoms with Crippen LogP contribution in [0.4, 0.5) is 0 Å². The molecule has 0 unspecified atom stereocenters. The third kappa shape index (κ3) is 2.34. The molecule has 3 fully saturated rings. The minimum atomic E-state index is 0.0547. The lowest BCUT2D eigenvalue weighted by Crippen LogP contribution is -2.58. The molecular weight excluding hydrogens is 326 g/mol. The van der Waals surface area contributed by atoms with Crippen molar-refractivity contribution < 1.29 is 14.6 Å². The molecule has 0 radical (unpaired) electrons. The molecule has 26 heavy (non-hydrogen) atoms. The Labute approximate surface area is 156 Å². The highest BCUT2D eigenvalue weighted by molar-refractivity contribution is 5.73. The van der Waals surface area contributed by atoms with Crippen molar-refractivity contribution >= 4 is 5.91 Å². The predicted molar refractivity (Wildman–Crippen MR) is 101 cm³/mol. The van der Waals surface area contributed by atoms with Crippen LogP contribution in [0.5, 0.6) is 5.75 Å². The van der Waals surface area contributed by atoms with E-state index in [1.54, 1.807) is 6.92 Å². The highest BCUT2D eigenvalue weighted by Crippen LogP contribution is 2.70. The van der Waals surface area contributed by atoms with Gasteiger partial charge in [-0.3, -0.25) is 4.79 Å². The summed E-state index contributed by atoms with van der Waals surface area (Å²) in [6.07, 6.45) is 3.42. The first-order chi connectivity index (χ1) is 12.2. The highest BCUT2D eigenvalue weighted by Gasteiger charge is 2.68. The number of aryl methyl sites for hydroxylation is 2. The normalized spacial score (nSPS) is 37.4. The van der Waals surface area contributed by atoms with Gasteiger partial charge in [0.05, 0.1) is 6.10 Å². The van der Waals surface area contributed by atoms with Crippen molar-refractivity contribution in [2.75, 3.05) is 6.61 Å². The van der Waals surface area contributed by atoms with Crippen molar-refractivity contribution in [3.05, 3.63) is 28.8 Å². The molecule has 3 aliphatic rings. The van der Waals surface area contributed by atoms with Crippen LogP contribution in [0.15, 0.2) is 12.1 Å². The summed E-state index contributed by atoms with van der Waals surface area (Å²) in [6, 6.07) is 4.37. The van der Waals surface area contributed by atoms with Crippen molar-refractivity contribution in [3.8, 4) is 5.75 Å². The van der Waals surface area contributed by atoms with Gasteiger partial charge in [-0.25, -0.2) is 0 Å². The Hall–Kier alpha value is -1.55. The lowest BCUT2D eigenvalue weighted by Gasteiger charge is -2.53. The maximum atomic E-state index is 11.9. The van der Waals surface area contributed by atoms with Crippen LogP contribution in [-0.2, 0) is 9.53 Å². The summed E-state index contributed by atoms with van der Waals surface area (Å²) in [4.78, 5) is 11.9. The number of hydrogen-bond donors (Lipinski definition) is 2. The van der Waals surface area contributed by atoms with Crippen LogP contribution in [0.3, 0.4) is 0 Å². The third-order valence-electron chi connectivity index (χ3n) is 7.69. The van der Waals surface area contributed by atoms with Gasteiger partial charge in [-0.05, 0) is 84.6 Å². The summed E-state index contributed by atoms with van der Waals surface area (Å²) in [5.41, 5.74) is 3.25. The maximum Gasteiger partial charge on any atom is 0.217 e. The minimum Gasteiger partial charge on any atom is -0.507 e. The zero-order valence-electron chi connectivity index (χ0n) is 16.6. The number of phenols is 1. The predicted octanol–water partition coefficient (Wildman–Crippen LogP) is 4.03. The van der Waals surface area contributed by atoms with E-state index in [2.05, 4.69) is 31.3 Å². The quantitative estimate of drug-likeness (QED) is 0.840. The minimum absolute atomic E-state index is 0.0547. The Kier molecular flexibility index (Phi) is 3.93. The van der Waals surface area contributed by atoms with E-state index >= 15 is 0 Å². The molecule has 2 saturated carbocycles. The second kappa shape index (κ2) is 5.72. The fourth-order valence-electron chi connectivity index (χ4n) is 6.47. The summed E-state index contributed by atoms with van der Waals surface area (Å²) >= 11 is 0. The second-order valence-electron chi connectivity index (χ2n) is 9.48. The van der Waals surface area contributed by atoms with E-state index in [0.717, 1.165) is 30.6 Å². The average molecular weight is 357 g/mol. The molecule has 2 bridgehead atoms. The average Bonchev–Trinajstić information content (AvgIpc) is 3.05. The molecule has 1 aliphatic heterocycles. The molecule has 1 amide bonds. The van der Waals surface area contributed by atoms with Gasteiger partial charge in [0.25, 0.3) is 0 Å². The van der Waals surface area contributed by atoms with Gasteiger partial charge in [0.2, 0.25) is 5.91 Å². The van der Waals surface area contributed by atoms with Gasteiger partial charge in [-0.15, -0.1) is 0 Å². The fourth-order valence-corrected chi connectivity index (χ4v) is 6.47. The smallest absolute Gasteiger partial charge is 0.217 e. The third-order valence-corrected chi connectivity index (χ3v) is 7.69. The van der Waals surface area contributed by atoms with Crippen LogP contribution in [0.1, 0.15) is 62.8 Å². The van der Waals surface area contributed by atoms with E-state index < -0.39 is 0 Å². The molecule has 142 valence electrons. The van der Waals surface area contributed by atoms with E-state index in [-0.39, 0.29) is 28.9 Å². The van der Waals surface area contributed by atoms with Crippen molar-refractivity contribution in [3.63, 3.8) is 0 Å². The van der Waals surface area contributed by atoms with Gasteiger partial charge < -0.3 is 15.2 Å². The van der Waals surface area contributed by atoms with E-state index in [0.29, 0.717) is 17.6 Å². The molecule has 5 atom stereocenters. The van der Waals surface area contributed by atoms with E-state index in [1.165, 1.54) is 12.0 Å². The van der Waals surface area contributed by atoms with Crippen LogP contribution < -0.4 is 5.32 Å². The van der Waals surface area contributed by atoms with Gasteiger partial charge >= 0.3 is 0 Å². The first-order valence-electron chi connectivity index (χ1n) is 9.85. The number of amides is 1. The number of ether oxygens (including phenoxy) is 1. The molecule has 0 aromatic heterocycles. The number of phenolic OH excluding ortho intramolecular Hbond substituents is 1. The van der Waals surface area contributed by atoms with Crippen molar-refractivity contribution in [1.82, 2.24) is 5.32 Å². The Bertz CT molecular complexity index is 733. The molecule has 1 aromatic rings. The zero-order valence-corrected chi connectivity index (χ0v) is 16.6. The van der Waals surface area contributed by atoms with E-state index in [4.69, 9.17) is 4.74 Å². The molecule has 1 heterocycles. The monoisotopic (exact) mass is 357 g/mol. The molecule has 1 aromatic carbocycles. The molecule has 4 nitrogen and oxygen atoms in total. The zero-order chi connectivity index (χ0) is 18.9. The van der Waals surface area contributed by atoms with Crippen molar-refractivity contribution in [1.29, 1.82) is 0 Å². The number of aromatic hydroxyl groups is 1. The van der Waals surface area contributed by atoms with Gasteiger partial charge in [0.15, 0.2) is 0 Å². The molecule has 1 spiro atoms. The number of benzene rings is 1. The van der Waals surface area contributed by atoms with Gasteiger partial charge in [0.1, 0.15) is 5.75 Å². The van der Waals surface area contributed by atoms with Crippen molar-refractivity contribution in [2.45, 2.75) is 66.0 Å². The van der Waals surface area contributed by atoms with Crippen molar-refractivity contribution in [2.24, 2.45) is 22.7 Å². The topological polar surface area (TPSA) is 58.6 Å². The van der Waals surface area contributed by atoms with Crippen LogP contribution in [0.25, 0.3) is 0 Å². The number of carbonyl (C=O) groups is 1. The summed E-state index contributed by atoms with van der Waals surface area (Å²) < 4.78 is 6.30. The number of carbonyl (C=O) groups excluding carboxylic acids is 1. The van der Waals surface area contributed by atoms with Crippen LogP contribution in [0, 0.1) is 36.5 Å². The lowest BCUT2D eigenvalue weighted by atomic mass is 9.58. The lowest BCUT2D eigenvalue weighted by molar-refractivity contribution is -0.136. The largest absolute Gasteiger partial charge is 0.507 e. The standard InChI is InChI=1S/C22H31NO3/c1-12-8-15(9-13(2)18(12)25)19-17-10-16-11-22(17,6-7-26-19)20(21(16,4)5)23-14(3)24/h8-9,16-17,19-20,25H,6-7,10-11H2,1-5H3,(H,23,24)/t16-,17-,19-,20-,22-/m1/s1. The Morgan fingerprint density at radius 1 is 1.27 bits per heavy atom. The Balaban J connectivity index is 1.74. The molecule has 2 aliphatic carbocycles. The molecular formula is C22H31NO3. The summed E-state index contributed by atoms with van der Waals surface area (Å²) in [5.74, 6) is 1.50. The summed E-state index contributed by atoms with van der Waals surface area (Å²) in [6.45, 7) is 10.9. The Morgan fingerprint density at radius 3 is 2.54 bits per heavy atom. The first-order valence-corrected chi connectivity index (χ1v) is 9.85. The maximum absolute atomic E-state index is 11.9.